The van der Waals surface area contributed by atoms with Gasteiger partial charge in [0, 0.05) is 32.7 Å². The van der Waals surface area contributed by atoms with Gasteiger partial charge >= 0.3 is 0 Å². The summed E-state index contributed by atoms with van der Waals surface area (Å²) in [6.45, 7) is 9.57. The molecule has 0 bridgehead atoms. The molecule has 178 valence electrons. The lowest BCUT2D eigenvalue weighted by Gasteiger charge is -2.48. The second kappa shape index (κ2) is 10.2. The zero-order chi connectivity index (χ0) is 23.4. The fourth-order valence-electron chi connectivity index (χ4n) is 5.85. The Hall–Kier alpha value is -2.83. The highest BCUT2D eigenvalue weighted by atomic mass is 15.6. The molecule has 6 nitrogen and oxygen atoms in total. The quantitative estimate of drug-likeness (QED) is 0.535. The Balaban J connectivity index is 1.35. The molecule has 1 aliphatic heterocycles. The summed E-state index contributed by atoms with van der Waals surface area (Å²) >= 11 is 0. The molecule has 6 heteroatoms. The van der Waals surface area contributed by atoms with Crippen molar-refractivity contribution in [2.75, 3.05) is 32.7 Å². The third-order valence-electron chi connectivity index (χ3n) is 7.67. The molecule has 0 atom stereocenters. The van der Waals surface area contributed by atoms with E-state index in [1.54, 1.807) is 0 Å². The van der Waals surface area contributed by atoms with Crippen LogP contribution in [0.5, 0.6) is 0 Å². The van der Waals surface area contributed by atoms with Crippen LogP contribution >= 0.6 is 0 Å². The van der Waals surface area contributed by atoms with Gasteiger partial charge in [0.15, 0.2) is 5.82 Å². The molecule has 0 radical (unpaired) electrons. The van der Waals surface area contributed by atoms with E-state index in [0.29, 0.717) is 0 Å². The van der Waals surface area contributed by atoms with Gasteiger partial charge in [-0.2, -0.15) is 4.68 Å². The molecular weight excluding hydrogens is 420 g/mol. The first-order valence-electron chi connectivity index (χ1n) is 12.7. The molecule has 2 aliphatic rings. The number of para-hydroxylation sites is 1. The molecule has 3 aromatic rings. The number of benzene rings is 2. The Bertz CT molecular complexity index is 1080. The minimum atomic E-state index is -0.0809. The van der Waals surface area contributed by atoms with Crippen LogP contribution in [0.2, 0.25) is 0 Å². The summed E-state index contributed by atoms with van der Waals surface area (Å²) in [7, 11) is 0. The van der Waals surface area contributed by atoms with Crippen molar-refractivity contribution in [1.29, 1.82) is 0 Å². The maximum absolute atomic E-state index is 4.68. The highest BCUT2D eigenvalue weighted by Gasteiger charge is 2.45. The normalized spacial score (nSPS) is 19.6. The summed E-state index contributed by atoms with van der Waals surface area (Å²) < 4.78 is 2.05. The zero-order valence-electron chi connectivity index (χ0n) is 20.5. The van der Waals surface area contributed by atoms with Gasteiger partial charge in [-0.15, -0.1) is 5.10 Å². The Morgan fingerprint density at radius 1 is 0.853 bits per heavy atom. The molecule has 0 N–H and O–H groups in total. The van der Waals surface area contributed by atoms with Gasteiger partial charge in [0.1, 0.15) is 0 Å². The molecular formula is C28H36N6. The van der Waals surface area contributed by atoms with Gasteiger partial charge in [-0.1, -0.05) is 79.9 Å². The first-order valence-corrected chi connectivity index (χ1v) is 12.7. The van der Waals surface area contributed by atoms with E-state index in [0.717, 1.165) is 57.1 Å². The zero-order valence-corrected chi connectivity index (χ0v) is 20.5. The summed E-state index contributed by atoms with van der Waals surface area (Å²) in [5.41, 5.74) is 4.75. The molecule has 34 heavy (non-hydrogen) atoms. The van der Waals surface area contributed by atoms with Crippen LogP contribution in [-0.2, 0) is 5.54 Å². The highest BCUT2D eigenvalue weighted by Crippen LogP contribution is 2.42. The first-order chi connectivity index (χ1) is 16.7. The van der Waals surface area contributed by atoms with Crippen molar-refractivity contribution >= 4 is 6.08 Å². The van der Waals surface area contributed by atoms with Gasteiger partial charge in [-0.25, -0.2) is 0 Å². The van der Waals surface area contributed by atoms with E-state index in [2.05, 4.69) is 99.9 Å². The van der Waals surface area contributed by atoms with Crippen molar-refractivity contribution in [3.8, 4) is 5.69 Å². The third-order valence-corrected chi connectivity index (χ3v) is 7.67. The van der Waals surface area contributed by atoms with Crippen LogP contribution in [0.4, 0.5) is 0 Å². The van der Waals surface area contributed by atoms with E-state index in [4.69, 9.17) is 0 Å². The predicted molar refractivity (Wildman–Crippen MR) is 137 cm³/mol. The van der Waals surface area contributed by atoms with E-state index in [9.17, 15) is 0 Å². The lowest BCUT2D eigenvalue weighted by molar-refractivity contribution is -0.000403. The summed E-state index contributed by atoms with van der Waals surface area (Å²) in [6, 6.07) is 17.0. The van der Waals surface area contributed by atoms with E-state index in [-0.39, 0.29) is 5.54 Å². The lowest BCUT2D eigenvalue weighted by Crippen LogP contribution is -2.57. The monoisotopic (exact) mass is 456 g/mol. The summed E-state index contributed by atoms with van der Waals surface area (Å²) in [5.74, 6) is 1.03. The summed E-state index contributed by atoms with van der Waals surface area (Å²) in [5, 5.41) is 13.4. The Labute approximate surface area is 203 Å². The minimum absolute atomic E-state index is 0.0809. The van der Waals surface area contributed by atoms with E-state index >= 15 is 0 Å². The van der Waals surface area contributed by atoms with Crippen LogP contribution < -0.4 is 0 Å². The van der Waals surface area contributed by atoms with Crippen molar-refractivity contribution in [2.45, 2.75) is 51.5 Å². The number of aryl methyl sites for hydroxylation is 2. The molecule has 1 aliphatic carbocycles. The van der Waals surface area contributed by atoms with Gasteiger partial charge in [-0.05, 0) is 53.8 Å². The maximum Gasteiger partial charge on any atom is 0.176 e. The average molecular weight is 457 g/mol. The number of hydrogen-bond donors (Lipinski definition) is 0. The maximum atomic E-state index is 4.68. The van der Waals surface area contributed by atoms with Gasteiger partial charge in [0.25, 0.3) is 0 Å². The van der Waals surface area contributed by atoms with Gasteiger partial charge in [-0.3, -0.25) is 9.80 Å². The Morgan fingerprint density at radius 2 is 1.56 bits per heavy atom. The fraction of sp³-hybridized carbons (Fsp3) is 0.464. The summed E-state index contributed by atoms with van der Waals surface area (Å²) in [6.07, 6.45) is 10.6. The van der Waals surface area contributed by atoms with Crippen LogP contribution in [-0.4, -0.2) is 62.7 Å². The molecule has 0 spiro atoms. The number of piperazine rings is 1. The first kappa shape index (κ1) is 22.9. The number of nitrogens with zero attached hydrogens (tertiary/aromatic N) is 6. The number of aromatic nitrogens is 4. The van der Waals surface area contributed by atoms with Gasteiger partial charge in [0.2, 0.25) is 0 Å². The smallest absolute Gasteiger partial charge is 0.176 e. The number of rotatable bonds is 6. The molecule has 1 aromatic heterocycles. The van der Waals surface area contributed by atoms with E-state index in [1.807, 2.05) is 4.68 Å². The molecule has 2 heterocycles. The number of tetrazole rings is 1. The molecule has 1 saturated carbocycles. The topological polar surface area (TPSA) is 50.1 Å². The molecule has 1 saturated heterocycles. The van der Waals surface area contributed by atoms with Crippen molar-refractivity contribution in [1.82, 2.24) is 30.0 Å². The highest BCUT2D eigenvalue weighted by molar-refractivity contribution is 5.49. The van der Waals surface area contributed by atoms with Crippen LogP contribution in [0.25, 0.3) is 11.8 Å². The van der Waals surface area contributed by atoms with Crippen LogP contribution in [0, 0.1) is 13.8 Å². The summed E-state index contributed by atoms with van der Waals surface area (Å²) in [4.78, 5) is 5.25. The second-order valence-corrected chi connectivity index (χ2v) is 9.85. The largest absolute Gasteiger partial charge is 0.297 e. The molecule has 2 aromatic carbocycles. The van der Waals surface area contributed by atoms with Crippen LogP contribution in [0.15, 0.2) is 54.6 Å². The van der Waals surface area contributed by atoms with Crippen molar-refractivity contribution in [2.24, 2.45) is 0 Å². The number of hydrogen-bond acceptors (Lipinski definition) is 5. The van der Waals surface area contributed by atoms with E-state index in [1.165, 1.54) is 36.0 Å². The fourth-order valence-corrected chi connectivity index (χ4v) is 5.85. The van der Waals surface area contributed by atoms with E-state index < -0.39 is 0 Å². The third kappa shape index (κ3) is 4.57. The van der Waals surface area contributed by atoms with Crippen LogP contribution in [0.3, 0.4) is 0 Å². The average Bonchev–Trinajstić information content (AvgIpc) is 3.35. The molecule has 0 unspecified atom stereocenters. The SMILES string of the molecule is Cc1cccc(C)c1-n1nnnc1C1(N2CCN(CC=Cc3ccccc3)CC2)CCCCC1. The van der Waals surface area contributed by atoms with Gasteiger partial charge < -0.3 is 0 Å². The van der Waals surface area contributed by atoms with Crippen molar-refractivity contribution < 1.29 is 0 Å². The standard InChI is InChI=1S/C28H36N6/c1-23-11-9-12-24(2)26(23)34-27(29-30-31-34)28(16-7-4-8-17-28)33-21-19-32(20-22-33)18-10-15-25-13-5-3-6-14-25/h3,5-6,9-15H,4,7-8,16-22H2,1-2H3. The minimum Gasteiger partial charge on any atom is -0.297 e. The second-order valence-electron chi connectivity index (χ2n) is 9.85. The molecule has 2 fully saturated rings. The van der Waals surface area contributed by atoms with Crippen LogP contribution in [0.1, 0.15) is 54.6 Å². The molecule has 0 amide bonds. The lowest BCUT2D eigenvalue weighted by atomic mass is 9.79. The Morgan fingerprint density at radius 3 is 2.26 bits per heavy atom. The van der Waals surface area contributed by atoms with Crippen molar-refractivity contribution in [3.63, 3.8) is 0 Å². The van der Waals surface area contributed by atoms with Crippen molar-refractivity contribution in [3.05, 3.63) is 77.1 Å². The molecule has 5 rings (SSSR count). The van der Waals surface area contributed by atoms with Gasteiger partial charge in [0.05, 0.1) is 11.2 Å². The Kier molecular flexibility index (Phi) is 6.88. The predicted octanol–water partition coefficient (Wildman–Crippen LogP) is 4.77.